The maximum absolute atomic E-state index is 11.7. The lowest BCUT2D eigenvalue weighted by Crippen LogP contribution is -2.32. The fourth-order valence-electron chi connectivity index (χ4n) is 1.71. The summed E-state index contributed by atoms with van der Waals surface area (Å²) in [6.07, 6.45) is 0.861. The molecule has 0 aliphatic carbocycles. The number of hydrogen-bond acceptors (Lipinski definition) is 1. The van der Waals surface area contributed by atoms with Gasteiger partial charge in [-0.05, 0) is 24.5 Å². The number of halogens is 2. The highest BCUT2D eigenvalue weighted by Gasteiger charge is 2.18. The summed E-state index contributed by atoms with van der Waals surface area (Å²) in [6, 6.07) is 6.08. The van der Waals surface area contributed by atoms with E-state index in [9.17, 15) is 4.79 Å². The number of anilines is 1. The minimum atomic E-state index is -0.166. The third-order valence-corrected chi connectivity index (χ3v) is 2.97. The number of hydrogen-bond donors (Lipinski definition) is 0. The molecule has 2 nitrogen and oxygen atoms in total. The minimum absolute atomic E-state index is 0.0514. The van der Waals surface area contributed by atoms with Crippen LogP contribution < -0.4 is 4.90 Å². The lowest BCUT2D eigenvalue weighted by atomic mass is 10.0. The van der Waals surface area contributed by atoms with Crippen LogP contribution in [-0.2, 0) is 11.2 Å². The normalized spacial score (nSPS) is 10.2. The predicted octanol–water partition coefficient (Wildman–Crippen LogP) is 3.33. The fraction of sp³-hybridized carbons (Fsp3) is 0.417. The molecule has 0 atom stereocenters. The number of alkyl halides is 2. The highest BCUT2D eigenvalue weighted by molar-refractivity contribution is 6.31. The molecule has 0 aliphatic rings. The van der Waals surface area contributed by atoms with Crippen molar-refractivity contribution in [2.75, 3.05) is 16.8 Å². The number of amides is 1. The first-order valence-electron chi connectivity index (χ1n) is 5.16. The number of carbonyl (C=O) groups is 1. The van der Waals surface area contributed by atoms with Gasteiger partial charge in [-0.2, -0.15) is 0 Å². The molecule has 88 valence electrons. The van der Waals surface area contributed by atoms with E-state index in [4.69, 9.17) is 23.2 Å². The number of benzene rings is 1. The Bertz CT molecular complexity index is 379. The monoisotopic (exact) mass is 259 g/mol. The van der Waals surface area contributed by atoms with Crippen LogP contribution in [0.3, 0.4) is 0 Å². The molecule has 0 heterocycles. The zero-order valence-corrected chi connectivity index (χ0v) is 11.0. The molecule has 0 fully saturated rings. The Balaban J connectivity index is 3.22. The average molecular weight is 260 g/mol. The third-order valence-electron chi connectivity index (χ3n) is 2.51. The van der Waals surface area contributed by atoms with Gasteiger partial charge in [-0.25, -0.2) is 0 Å². The van der Waals surface area contributed by atoms with Crippen LogP contribution in [-0.4, -0.2) is 17.8 Å². The molecule has 1 amide bonds. The van der Waals surface area contributed by atoms with Crippen molar-refractivity contribution in [1.82, 2.24) is 0 Å². The number of aryl methyl sites for hydroxylation is 2. The summed E-state index contributed by atoms with van der Waals surface area (Å²) in [5.41, 5.74) is 3.04. The standard InChI is InChI=1S/C12H15Cl2NO/c1-3-10-6-4-5-9(2)12(10)15(8-14)11(16)7-13/h4-6H,3,7-8H2,1-2H3. The van der Waals surface area contributed by atoms with E-state index in [1.54, 1.807) is 0 Å². The fourth-order valence-corrected chi connectivity index (χ4v) is 2.11. The molecule has 0 saturated carbocycles. The van der Waals surface area contributed by atoms with E-state index in [-0.39, 0.29) is 17.8 Å². The van der Waals surface area contributed by atoms with Gasteiger partial charge in [0.2, 0.25) is 5.91 Å². The summed E-state index contributed by atoms with van der Waals surface area (Å²) in [5, 5.41) is 0. The highest BCUT2D eigenvalue weighted by Crippen LogP contribution is 2.26. The predicted molar refractivity (Wildman–Crippen MR) is 69.5 cm³/mol. The molecular weight excluding hydrogens is 245 g/mol. The summed E-state index contributed by atoms with van der Waals surface area (Å²) < 4.78 is 0. The number of carbonyl (C=O) groups excluding carboxylic acids is 1. The Morgan fingerprint density at radius 3 is 2.56 bits per heavy atom. The molecule has 1 aromatic carbocycles. The first kappa shape index (κ1) is 13.3. The molecule has 1 rings (SSSR count). The van der Waals surface area contributed by atoms with Gasteiger partial charge in [-0.3, -0.25) is 9.69 Å². The Kier molecular flexibility index (Phi) is 5.10. The quantitative estimate of drug-likeness (QED) is 0.600. The summed E-state index contributed by atoms with van der Waals surface area (Å²) in [4.78, 5) is 13.2. The molecule has 0 bridgehead atoms. The lowest BCUT2D eigenvalue weighted by Gasteiger charge is -2.23. The zero-order chi connectivity index (χ0) is 12.1. The topological polar surface area (TPSA) is 20.3 Å². The van der Waals surface area contributed by atoms with E-state index in [2.05, 4.69) is 6.92 Å². The van der Waals surface area contributed by atoms with Gasteiger partial charge in [0.1, 0.15) is 11.9 Å². The first-order valence-corrected chi connectivity index (χ1v) is 6.23. The Hall–Kier alpha value is -0.730. The molecule has 0 N–H and O–H groups in total. The van der Waals surface area contributed by atoms with Crippen LogP contribution in [0, 0.1) is 6.92 Å². The molecule has 1 aromatic rings. The summed E-state index contributed by atoms with van der Waals surface area (Å²) in [7, 11) is 0. The summed E-state index contributed by atoms with van der Waals surface area (Å²) in [6.45, 7) is 4.02. The van der Waals surface area contributed by atoms with E-state index >= 15 is 0 Å². The van der Waals surface area contributed by atoms with Crippen molar-refractivity contribution in [3.63, 3.8) is 0 Å². The van der Waals surface area contributed by atoms with E-state index in [1.165, 1.54) is 4.90 Å². The van der Waals surface area contributed by atoms with Crippen LogP contribution in [0.2, 0.25) is 0 Å². The van der Waals surface area contributed by atoms with Crippen molar-refractivity contribution >= 4 is 34.8 Å². The van der Waals surface area contributed by atoms with Crippen LogP contribution >= 0.6 is 23.2 Å². The van der Waals surface area contributed by atoms with Gasteiger partial charge in [-0.1, -0.05) is 25.1 Å². The van der Waals surface area contributed by atoms with Gasteiger partial charge >= 0.3 is 0 Å². The van der Waals surface area contributed by atoms with Gasteiger partial charge in [-0.15, -0.1) is 23.2 Å². The second-order valence-corrected chi connectivity index (χ2v) is 4.02. The molecule has 0 aliphatic heterocycles. The summed E-state index contributed by atoms with van der Waals surface area (Å²) >= 11 is 11.4. The maximum Gasteiger partial charge on any atom is 0.242 e. The minimum Gasteiger partial charge on any atom is -0.297 e. The second kappa shape index (κ2) is 6.12. The molecule has 0 spiro atoms. The first-order chi connectivity index (χ1) is 7.65. The van der Waals surface area contributed by atoms with Crippen LogP contribution in [0.5, 0.6) is 0 Å². The molecule has 16 heavy (non-hydrogen) atoms. The van der Waals surface area contributed by atoms with Crippen molar-refractivity contribution < 1.29 is 4.79 Å². The van der Waals surface area contributed by atoms with E-state index in [1.807, 2.05) is 25.1 Å². The van der Waals surface area contributed by atoms with Gasteiger partial charge in [0.15, 0.2) is 0 Å². The molecule has 0 radical (unpaired) electrons. The largest absolute Gasteiger partial charge is 0.297 e. The van der Waals surface area contributed by atoms with Gasteiger partial charge in [0, 0.05) is 0 Å². The number of para-hydroxylation sites is 1. The SMILES string of the molecule is CCc1cccc(C)c1N(CCl)C(=O)CCl. The molecule has 0 saturated heterocycles. The van der Waals surface area contributed by atoms with E-state index < -0.39 is 0 Å². The third kappa shape index (κ3) is 2.69. The van der Waals surface area contributed by atoms with E-state index in [0.29, 0.717) is 0 Å². The molecule has 4 heteroatoms. The zero-order valence-electron chi connectivity index (χ0n) is 9.46. The molecule has 0 unspecified atom stereocenters. The lowest BCUT2D eigenvalue weighted by molar-refractivity contribution is -0.116. The van der Waals surface area contributed by atoms with Gasteiger partial charge in [0.25, 0.3) is 0 Å². The van der Waals surface area contributed by atoms with Crippen LogP contribution in [0.15, 0.2) is 18.2 Å². The van der Waals surface area contributed by atoms with Crippen LogP contribution in [0.25, 0.3) is 0 Å². The second-order valence-electron chi connectivity index (χ2n) is 3.51. The van der Waals surface area contributed by atoms with Crippen molar-refractivity contribution in [3.8, 4) is 0 Å². The van der Waals surface area contributed by atoms with E-state index in [0.717, 1.165) is 23.2 Å². The van der Waals surface area contributed by atoms with Crippen LogP contribution in [0.1, 0.15) is 18.1 Å². The van der Waals surface area contributed by atoms with Crippen molar-refractivity contribution in [1.29, 1.82) is 0 Å². The Labute approximate surface area is 106 Å². The number of rotatable bonds is 4. The maximum atomic E-state index is 11.7. The highest BCUT2D eigenvalue weighted by atomic mass is 35.5. The Morgan fingerprint density at radius 1 is 1.38 bits per heavy atom. The van der Waals surface area contributed by atoms with Crippen molar-refractivity contribution in [2.45, 2.75) is 20.3 Å². The average Bonchev–Trinajstić information content (AvgIpc) is 2.31. The van der Waals surface area contributed by atoms with Crippen molar-refractivity contribution in [2.24, 2.45) is 0 Å². The molecular formula is C12H15Cl2NO. The van der Waals surface area contributed by atoms with Crippen molar-refractivity contribution in [3.05, 3.63) is 29.3 Å². The van der Waals surface area contributed by atoms with Gasteiger partial charge in [0.05, 0.1) is 5.69 Å². The summed E-state index contributed by atoms with van der Waals surface area (Å²) in [5.74, 6) is -0.217. The molecule has 0 aromatic heterocycles. The van der Waals surface area contributed by atoms with Gasteiger partial charge < -0.3 is 0 Å². The van der Waals surface area contributed by atoms with Crippen LogP contribution in [0.4, 0.5) is 5.69 Å². The Morgan fingerprint density at radius 2 is 2.06 bits per heavy atom. The smallest absolute Gasteiger partial charge is 0.242 e. The number of nitrogens with zero attached hydrogens (tertiary/aromatic N) is 1.